The van der Waals surface area contributed by atoms with E-state index >= 15 is 0 Å². The van der Waals surface area contributed by atoms with E-state index in [1.165, 1.54) is 6.20 Å². The van der Waals surface area contributed by atoms with Crippen LogP contribution in [0.5, 0.6) is 11.5 Å². The molecule has 3 aromatic carbocycles. The van der Waals surface area contributed by atoms with Crippen LogP contribution in [0.15, 0.2) is 83.9 Å². The maximum atomic E-state index is 12.7. The molecule has 0 spiro atoms. The molecule has 0 atom stereocenters. The molecule has 3 rings (SSSR count). The Balaban J connectivity index is 1.99. The van der Waals surface area contributed by atoms with Crippen LogP contribution in [-0.2, 0) is 10.0 Å². The average molecular weight is 410 g/mol. The average Bonchev–Trinajstić information content (AvgIpc) is 2.75. The van der Waals surface area contributed by atoms with Gasteiger partial charge in [-0.1, -0.05) is 42.0 Å². The first-order valence-corrected chi connectivity index (χ1v) is 10.5. The van der Waals surface area contributed by atoms with Crippen molar-refractivity contribution in [3.05, 3.63) is 95.7 Å². The Morgan fingerprint density at radius 2 is 1.21 bits per heavy atom. The molecular formula is C23H23NO4S. The summed E-state index contributed by atoms with van der Waals surface area (Å²) in [6, 6.07) is 21.6. The summed E-state index contributed by atoms with van der Waals surface area (Å²) in [5.41, 5.74) is 3.42. The van der Waals surface area contributed by atoms with Gasteiger partial charge in [0.05, 0.1) is 19.1 Å². The molecule has 0 bridgehead atoms. The summed E-state index contributed by atoms with van der Waals surface area (Å²) in [6.07, 6.45) is 1.51. The highest BCUT2D eigenvalue weighted by molar-refractivity contribution is 7.89. The molecule has 0 aliphatic heterocycles. The van der Waals surface area contributed by atoms with E-state index in [1.54, 1.807) is 38.5 Å². The summed E-state index contributed by atoms with van der Waals surface area (Å²) >= 11 is 0. The van der Waals surface area contributed by atoms with Crippen LogP contribution in [0.2, 0.25) is 0 Å². The molecule has 6 heteroatoms. The van der Waals surface area contributed by atoms with Crippen LogP contribution >= 0.6 is 0 Å². The fraction of sp³-hybridized carbons (Fsp3) is 0.130. The van der Waals surface area contributed by atoms with Crippen molar-refractivity contribution in [3.63, 3.8) is 0 Å². The standard InChI is InChI=1S/C23H23NO4S/c1-17-4-14-22(15-5-17)29(25,26)24-16-23(18-6-10-20(27-2)11-7-18)19-8-12-21(28-3)13-9-19/h4-16,24H,1-3H3. The summed E-state index contributed by atoms with van der Waals surface area (Å²) in [5, 5.41) is 0. The second-order valence-electron chi connectivity index (χ2n) is 6.45. The summed E-state index contributed by atoms with van der Waals surface area (Å²) in [6.45, 7) is 1.91. The SMILES string of the molecule is COc1ccc(C(=CNS(=O)(=O)c2ccc(C)cc2)c2ccc(OC)cc2)cc1. The largest absolute Gasteiger partial charge is 0.497 e. The molecule has 0 aromatic heterocycles. The number of methoxy groups -OCH3 is 2. The third kappa shape index (κ3) is 4.97. The van der Waals surface area contributed by atoms with Crippen molar-refractivity contribution in [1.82, 2.24) is 4.72 Å². The van der Waals surface area contributed by atoms with E-state index in [-0.39, 0.29) is 4.90 Å². The van der Waals surface area contributed by atoms with Gasteiger partial charge >= 0.3 is 0 Å². The summed E-state index contributed by atoms with van der Waals surface area (Å²) in [4.78, 5) is 0.211. The first-order chi connectivity index (χ1) is 13.9. The molecule has 0 amide bonds. The first-order valence-electron chi connectivity index (χ1n) is 9.01. The van der Waals surface area contributed by atoms with Gasteiger partial charge in [-0.15, -0.1) is 0 Å². The maximum Gasteiger partial charge on any atom is 0.261 e. The normalized spacial score (nSPS) is 10.9. The Hall–Kier alpha value is -3.25. The zero-order valence-corrected chi connectivity index (χ0v) is 17.4. The third-order valence-corrected chi connectivity index (χ3v) is 5.81. The number of hydrogen-bond acceptors (Lipinski definition) is 4. The van der Waals surface area contributed by atoms with Gasteiger partial charge in [-0.25, -0.2) is 8.42 Å². The molecule has 0 saturated heterocycles. The molecule has 1 N–H and O–H groups in total. The van der Waals surface area contributed by atoms with Crippen LogP contribution in [0.3, 0.4) is 0 Å². The van der Waals surface area contributed by atoms with Gasteiger partial charge in [-0.05, 0) is 54.4 Å². The van der Waals surface area contributed by atoms with Crippen molar-refractivity contribution in [3.8, 4) is 11.5 Å². The number of benzene rings is 3. The smallest absolute Gasteiger partial charge is 0.261 e. The predicted octanol–water partition coefficient (Wildman–Crippen LogP) is 4.38. The van der Waals surface area contributed by atoms with E-state index in [0.717, 1.165) is 33.8 Å². The maximum absolute atomic E-state index is 12.7. The minimum Gasteiger partial charge on any atom is -0.497 e. The number of rotatable bonds is 7. The Kier molecular flexibility index (Phi) is 6.24. The summed E-state index contributed by atoms with van der Waals surface area (Å²) in [7, 11) is -0.485. The van der Waals surface area contributed by atoms with Crippen molar-refractivity contribution >= 4 is 15.6 Å². The molecule has 0 aliphatic carbocycles. The third-order valence-electron chi connectivity index (χ3n) is 4.49. The molecule has 150 valence electrons. The second-order valence-corrected chi connectivity index (χ2v) is 8.16. The van der Waals surface area contributed by atoms with E-state index < -0.39 is 10.0 Å². The van der Waals surface area contributed by atoms with E-state index in [9.17, 15) is 8.42 Å². The zero-order chi connectivity index (χ0) is 20.9. The fourth-order valence-electron chi connectivity index (χ4n) is 2.80. The Labute approximate surface area is 171 Å². The van der Waals surface area contributed by atoms with Crippen molar-refractivity contribution in [2.24, 2.45) is 0 Å². The lowest BCUT2D eigenvalue weighted by atomic mass is 9.99. The number of aryl methyl sites for hydroxylation is 1. The topological polar surface area (TPSA) is 64.6 Å². The molecule has 0 radical (unpaired) electrons. The van der Waals surface area contributed by atoms with Gasteiger partial charge in [0.2, 0.25) is 0 Å². The summed E-state index contributed by atoms with van der Waals surface area (Å²) < 4.78 is 38.5. The van der Waals surface area contributed by atoms with Crippen LogP contribution < -0.4 is 14.2 Å². The van der Waals surface area contributed by atoms with Crippen LogP contribution in [0.25, 0.3) is 5.57 Å². The van der Waals surface area contributed by atoms with E-state index in [1.807, 2.05) is 55.5 Å². The van der Waals surface area contributed by atoms with Gasteiger partial charge in [0, 0.05) is 11.8 Å². The molecular weight excluding hydrogens is 386 g/mol. The van der Waals surface area contributed by atoms with E-state index in [4.69, 9.17) is 9.47 Å². The lowest BCUT2D eigenvalue weighted by molar-refractivity contribution is 0.414. The van der Waals surface area contributed by atoms with Crippen molar-refractivity contribution in [2.45, 2.75) is 11.8 Å². The van der Waals surface area contributed by atoms with Gasteiger partial charge in [0.15, 0.2) is 0 Å². The predicted molar refractivity (Wildman–Crippen MR) is 115 cm³/mol. The number of sulfonamides is 1. The van der Waals surface area contributed by atoms with Crippen LogP contribution in [0.1, 0.15) is 16.7 Å². The minimum atomic E-state index is -3.69. The Morgan fingerprint density at radius 3 is 1.62 bits per heavy atom. The molecule has 0 heterocycles. The van der Waals surface area contributed by atoms with Gasteiger partial charge in [-0.3, -0.25) is 4.72 Å². The Bertz CT molecular complexity index is 1040. The van der Waals surface area contributed by atoms with Gasteiger partial charge in [0.1, 0.15) is 11.5 Å². The molecule has 0 aliphatic rings. The van der Waals surface area contributed by atoms with Crippen molar-refractivity contribution < 1.29 is 17.9 Å². The lowest BCUT2D eigenvalue weighted by Crippen LogP contribution is -2.18. The molecule has 29 heavy (non-hydrogen) atoms. The van der Waals surface area contributed by atoms with E-state index in [2.05, 4.69) is 4.72 Å². The lowest BCUT2D eigenvalue weighted by Gasteiger charge is -2.12. The molecule has 3 aromatic rings. The molecule has 5 nitrogen and oxygen atoms in total. The quantitative estimate of drug-likeness (QED) is 0.629. The number of ether oxygens (including phenoxy) is 2. The number of nitrogens with one attached hydrogen (secondary N) is 1. The van der Waals surface area contributed by atoms with Crippen LogP contribution in [0.4, 0.5) is 0 Å². The van der Waals surface area contributed by atoms with Crippen molar-refractivity contribution in [1.29, 1.82) is 0 Å². The highest BCUT2D eigenvalue weighted by atomic mass is 32.2. The minimum absolute atomic E-state index is 0.211. The Morgan fingerprint density at radius 1 is 0.759 bits per heavy atom. The van der Waals surface area contributed by atoms with Gasteiger partial charge in [0.25, 0.3) is 10.0 Å². The zero-order valence-electron chi connectivity index (χ0n) is 16.5. The molecule has 0 unspecified atom stereocenters. The second kappa shape index (κ2) is 8.84. The highest BCUT2D eigenvalue weighted by Crippen LogP contribution is 2.27. The molecule has 0 saturated carbocycles. The number of hydrogen-bond donors (Lipinski definition) is 1. The first kappa shape index (κ1) is 20.5. The van der Waals surface area contributed by atoms with Crippen molar-refractivity contribution in [2.75, 3.05) is 14.2 Å². The van der Waals surface area contributed by atoms with Crippen LogP contribution in [-0.4, -0.2) is 22.6 Å². The fourth-order valence-corrected chi connectivity index (χ4v) is 3.70. The van der Waals surface area contributed by atoms with Gasteiger partial charge in [-0.2, -0.15) is 0 Å². The van der Waals surface area contributed by atoms with Crippen LogP contribution in [0, 0.1) is 6.92 Å². The molecule has 0 fully saturated rings. The monoisotopic (exact) mass is 409 g/mol. The summed E-state index contributed by atoms with van der Waals surface area (Å²) in [5.74, 6) is 1.45. The van der Waals surface area contributed by atoms with Gasteiger partial charge < -0.3 is 9.47 Å². The van der Waals surface area contributed by atoms with E-state index in [0.29, 0.717) is 0 Å². The highest BCUT2D eigenvalue weighted by Gasteiger charge is 2.13.